The Morgan fingerprint density at radius 2 is 1.20 bits per heavy atom. The minimum atomic E-state index is -3.86. The van der Waals surface area contributed by atoms with Crippen molar-refractivity contribution in [2.24, 2.45) is 0 Å². The zero-order chi connectivity index (χ0) is 21.5. The van der Waals surface area contributed by atoms with E-state index in [9.17, 15) is 13.5 Å². The average Bonchev–Trinajstić information content (AvgIpc) is 3.45. The number of hydrogen-bond acceptors (Lipinski definition) is 10. The quantitative estimate of drug-likeness (QED) is 0.482. The SMILES string of the molecule is Cc1ccc(S(=O)(=O)O[C@@H]2CO[C@H]3[C@@H]2OC[C@H]3O)cc1.O[C@@H]1CO[C@H]2[C@@H]1OC[C@H]2O. The van der Waals surface area contributed by atoms with Crippen LogP contribution in [-0.4, -0.2) is 99.0 Å². The summed E-state index contributed by atoms with van der Waals surface area (Å²) in [6.45, 7) is 2.68. The van der Waals surface area contributed by atoms with Gasteiger partial charge in [0.25, 0.3) is 10.1 Å². The van der Waals surface area contributed by atoms with E-state index >= 15 is 0 Å². The maximum absolute atomic E-state index is 12.2. The molecule has 4 aliphatic heterocycles. The molecule has 1 aromatic carbocycles. The summed E-state index contributed by atoms with van der Waals surface area (Å²) in [6, 6.07) is 6.42. The van der Waals surface area contributed by atoms with E-state index < -0.39 is 46.7 Å². The first-order chi connectivity index (χ1) is 14.3. The molecule has 10 nitrogen and oxygen atoms in total. The Morgan fingerprint density at radius 1 is 0.767 bits per heavy atom. The number of hydrogen-bond donors (Lipinski definition) is 3. The second kappa shape index (κ2) is 8.77. The predicted molar refractivity (Wildman–Crippen MR) is 100 cm³/mol. The number of rotatable bonds is 3. The van der Waals surface area contributed by atoms with E-state index in [4.69, 9.17) is 33.3 Å². The Hall–Kier alpha value is -1.15. The van der Waals surface area contributed by atoms with Crippen LogP contribution in [0.1, 0.15) is 5.56 Å². The smallest absolute Gasteiger partial charge is 0.297 e. The van der Waals surface area contributed by atoms with Crippen LogP contribution in [0.3, 0.4) is 0 Å². The molecule has 0 saturated carbocycles. The summed E-state index contributed by atoms with van der Waals surface area (Å²) in [5.41, 5.74) is 0.968. The first-order valence-corrected chi connectivity index (χ1v) is 11.2. The Bertz CT molecular complexity index is 812. The minimum absolute atomic E-state index is 0.0947. The van der Waals surface area contributed by atoms with Crippen molar-refractivity contribution in [1.29, 1.82) is 0 Å². The lowest BCUT2D eigenvalue weighted by Gasteiger charge is -2.16. The van der Waals surface area contributed by atoms with Crippen LogP contribution in [0.25, 0.3) is 0 Å². The summed E-state index contributed by atoms with van der Waals surface area (Å²) in [5, 5.41) is 27.9. The van der Waals surface area contributed by atoms with Gasteiger partial charge in [-0.2, -0.15) is 8.42 Å². The number of aliphatic hydroxyl groups excluding tert-OH is 3. The van der Waals surface area contributed by atoms with Crippen molar-refractivity contribution in [3.8, 4) is 0 Å². The highest BCUT2D eigenvalue weighted by atomic mass is 32.2. The molecule has 4 fully saturated rings. The topological polar surface area (TPSA) is 141 Å². The zero-order valence-corrected chi connectivity index (χ0v) is 17.2. The summed E-state index contributed by atoms with van der Waals surface area (Å²) < 4.78 is 50.4. The molecule has 30 heavy (non-hydrogen) atoms. The standard InChI is InChI=1S/C13H16O6S.C6H10O4/c1-8-2-4-9(5-3-8)20(15,16)19-11-7-18-12-10(14)6-17-13(11)12;7-3-1-9-6-4(8)2-10-5(3)6/h2-5,10-14H,6-7H2,1H3;3-8H,1-2H2/t10-,11-,12-,13-;3-,4-,5-,6-/m11/s1. The average molecular weight is 446 g/mol. The van der Waals surface area contributed by atoms with Crippen LogP contribution < -0.4 is 0 Å². The van der Waals surface area contributed by atoms with Crippen LogP contribution >= 0.6 is 0 Å². The third-order valence-electron chi connectivity index (χ3n) is 5.54. The number of fused-ring (bicyclic) bond motifs is 2. The lowest BCUT2D eigenvalue weighted by Crippen LogP contribution is -2.34. The van der Waals surface area contributed by atoms with E-state index in [0.717, 1.165) is 5.56 Å². The number of ether oxygens (including phenoxy) is 4. The Labute approximate surface area is 174 Å². The molecule has 0 spiro atoms. The summed E-state index contributed by atoms with van der Waals surface area (Å²) in [6.07, 6.45) is -4.19. The maximum Gasteiger partial charge on any atom is 0.297 e. The van der Waals surface area contributed by atoms with Crippen LogP contribution in [0.2, 0.25) is 0 Å². The Kier molecular flexibility index (Phi) is 6.45. The van der Waals surface area contributed by atoms with Crippen LogP contribution in [0.15, 0.2) is 29.2 Å². The van der Waals surface area contributed by atoms with E-state index in [2.05, 4.69) is 0 Å². The van der Waals surface area contributed by atoms with E-state index in [1.807, 2.05) is 6.92 Å². The van der Waals surface area contributed by atoms with Gasteiger partial charge >= 0.3 is 0 Å². The van der Waals surface area contributed by atoms with Crippen molar-refractivity contribution < 1.29 is 46.9 Å². The van der Waals surface area contributed by atoms with Gasteiger partial charge in [0.1, 0.15) is 48.8 Å². The fourth-order valence-electron chi connectivity index (χ4n) is 3.91. The molecule has 0 bridgehead atoms. The van der Waals surface area contributed by atoms with Gasteiger partial charge in [0.05, 0.1) is 31.3 Å². The van der Waals surface area contributed by atoms with Crippen LogP contribution in [0, 0.1) is 6.92 Å². The fraction of sp³-hybridized carbons (Fsp3) is 0.684. The zero-order valence-electron chi connectivity index (χ0n) is 16.4. The van der Waals surface area contributed by atoms with Gasteiger partial charge in [-0.15, -0.1) is 0 Å². The van der Waals surface area contributed by atoms with Crippen molar-refractivity contribution >= 4 is 10.1 Å². The van der Waals surface area contributed by atoms with Crippen LogP contribution in [0.4, 0.5) is 0 Å². The number of aliphatic hydroxyl groups is 3. The third kappa shape index (κ3) is 4.40. The largest absolute Gasteiger partial charge is 0.388 e. The molecular weight excluding hydrogens is 420 g/mol. The summed E-state index contributed by atoms with van der Waals surface area (Å²) in [5.74, 6) is 0. The second-order valence-corrected chi connectivity index (χ2v) is 9.37. The van der Waals surface area contributed by atoms with Crippen molar-refractivity contribution in [3.63, 3.8) is 0 Å². The molecule has 1 aromatic rings. The molecule has 4 aliphatic rings. The molecule has 0 aliphatic carbocycles. The summed E-state index contributed by atoms with van der Waals surface area (Å²) >= 11 is 0. The minimum Gasteiger partial charge on any atom is -0.388 e. The van der Waals surface area contributed by atoms with Gasteiger partial charge in [-0.3, -0.25) is 4.18 Å². The van der Waals surface area contributed by atoms with E-state index in [1.54, 1.807) is 12.1 Å². The molecule has 168 valence electrons. The van der Waals surface area contributed by atoms with Gasteiger partial charge in [-0.25, -0.2) is 0 Å². The molecule has 0 amide bonds. The monoisotopic (exact) mass is 446 g/mol. The maximum atomic E-state index is 12.2. The van der Waals surface area contributed by atoms with E-state index in [-0.39, 0.29) is 43.5 Å². The summed E-state index contributed by atoms with van der Waals surface area (Å²) in [7, 11) is -3.86. The van der Waals surface area contributed by atoms with Gasteiger partial charge < -0.3 is 34.3 Å². The molecule has 5 rings (SSSR count). The van der Waals surface area contributed by atoms with E-state index in [0.29, 0.717) is 0 Å². The highest BCUT2D eigenvalue weighted by Gasteiger charge is 2.49. The fourth-order valence-corrected chi connectivity index (χ4v) is 4.98. The number of benzene rings is 1. The normalized spacial score (nSPS) is 40.0. The third-order valence-corrected chi connectivity index (χ3v) is 6.89. The molecule has 0 radical (unpaired) electrons. The Morgan fingerprint density at radius 3 is 1.73 bits per heavy atom. The molecule has 8 atom stereocenters. The van der Waals surface area contributed by atoms with Crippen LogP contribution in [0.5, 0.6) is 0 Å². The lowest BCUT2D eigenvalue weighted by molar-refractivity contribution is 0.00205. The highest BCUT2D eigenvalue weighted by Crippen LogP contribution is 2.31. The van der Waals surface area contributed by atoms with Gasteiger partial charge in [0.2, 0.25) is 0 Å². The first kappa shape index (κ1) is 22.1. The molecule has 0 aromatic heterocycles. The molecule has 4 heterocycles. The Balaban J connectivity index is 0.000000181. The first-order valence-electron chi connectivity index (χ1n) is 9.77. The van der Waals surface area contributed by atoms with Crippen molar-refractivity contribution in [3.05, 3.63) is 29.8 Å². The lowest BCUT2D eigenvalue weighted by atomic mass is 10.1. The van der Waals surface area contributed by atoms with Gasteiger partial charge in [-0.05, 0) is 19.1 Å². The molecule has 11 heteroatoms. The van der Waals surface area contributed by atoms with Crippen molar-refractivity contribution in [2.75, 3.05) is 26.4 Å². The highest BCUT2D eigenvalue weighted by molar-refractivity contribution is 7.86. The summed E-state index contributed by atoms with van der Waals surface area (Å²) in [4.78, 5) is 0.102. The van der Waals surface area contributed by atoms with Crippen LogP contribution in [-0.2, 0) is 33.2 Å². The molecule has 4 saturated heterocycles. The van der Waals surface area contributed by atoms with Crippen molar-refractivity contribution in [1.82, 2.24) is 0 Å². The van der Waals surface area contributed by atoms with Gasteiger partial charge in [-0.1, -0.05) is 17.7 Å². The molecule has 0 unspecified atom stereocenters. The van der Waals surface area contributed by atoms with Gasteiger partial charge in [0.15, 0.2) is 0 Å². The van der Waals surface area contributed by atoms with E-state index in [1.165, 1.54) is 12.1 Å². The molecular formula is C19H26O10S. The van der Waals surface area contributed by atoms with Crippen molar-refractivity contribution in [2.45, 2.75) is 60.7 Å². The van der Waals surface area contributed by atoms with Gasteiger partial charge in [0, 0.05) is 0 Å². The second-order valence-electron chi connectivity index (χ2n) is 7.80. The number of aryl methyl sites for hydroxylation is 1. The molecule has 3 N–H and O–H groups in total. The predicted octanol–water partition coefficient (Wildman–Crippen LogP) is -1.27.